The summed E-state index contributed by atoms with van der Waals surface area (Å²) in [6.07, 6.45) is 0. The van der Waals surface area contributed by atoms with E-state index in [1.165, 1.54) is 0 Å². The van der Waals surface area contributed by atoms with Crippen LogP contribution in [-0.2, 0) is 4.74 Å². The molecule has 6 heavy (non-hydrogen) atoms. The van der Waals surface area contributed by atoms with Crippen molar-refractivity contribution >= 4 is 11.6 Å². The third-order valence-corrected chi connectivity index (χ3v) is 0.474. The van der Waals surface area contributed by atoms with Crippen molar-refractivity contribution in [3.63, 3.8) is 0 Å². The zero-order valence-electron chi connectivity index (χ0n) is 3.78. The van der Waals surface area contributed by atoms with Crippen molar-refractivity contribution in [2.24, 2.45) is 0 Å². The number of halogens is 1. The van der Waals surface area contributed by atoms with Gasteiger partial charge in [-0.15, -0.1) is 11.6 Å². The monoisotopic (exact) mass is 107 g/mol. The van der Waals surface area contributed by atoms with Crippen molar-refractivity contribution in [1.82, 2.24) is 0 Å². The molecule has 0 aromatic rings. The maximum Gasteiger partial charge on any atom is 0.0701 e. The number of hydrogen-bond acceptors (Lipinski definition) is 1. The predicted octanol–water partition coefficient (Wildman–Crippen LogP) is 1.42. The quantitative estimate of drug-likeness (QED) is 0.485. The van der Waals surface area contributed by atoms with Gasteiger partial charge in [-0.2, -0.15) is 0 Å². The molecule has 0 amide bonds. The molecule has 0 aromatic carbocycles. The van der Waals surface area contributed by atoms with E-state index in [9.17, 15) is 0 Å². The standard InChI is InChI=1S/C4H8ClO/c1-4(5)3-6-2/h4H,2-3H2,1H3. The largest absolute Gasteiger partial charge is 0.378 e. The van der Waals surface area contributed by atoms with E-state index in [0.29, 0.717) is 6.61 Å². The average Bonchev–Trinajstić information content (AvgIpc) is 1.35. The van der Waals surface area contributed by atoms with Crippen molar-refractivity contribution in [2.75, 3.05) is 6.61 Å². The minimum Gasteiger partial charge on any atom is -0.378 e. The highest BCUT2D eigenvalue weighted by Crippen LogP contribution is 1.90. The van der Waals surface area contributed by atoms with Gasteiger partial charge in [0.2, 0.25) is 0 Å². The van der Waals surface area contributed by atoms with Crippen LogP contribution in [0, 0.1) is 7.11 Å². The molecule has 1 nitrogen and oxygen atoms in total. The third kappa shape index (κ3) is 4.25. The van der Waals surface area contributed by atoms with Crippen molar-refractivity contribution in [3.8, 4) is 0 Å². The molecule has 0 bridgehead atoms. The summed E-state index contributed by atoms with van der Waals surface area (Å²) in [6, 6.07) is 0. The fourth-order valence-electron chi connectivity index (χ4n) is 0.162. The molecule has 0 heterocycles. The summed E-state index contributed by atoms with van der Waals surface area (Å²) in [5.74, 6) is 0. The molecule has 0 saturated carbocycles. The van der Waals surface area contributed by atoms with Crippen LogP contribution in [-0.4, -0.2) is 12.0 Å². The van der Waals surface area contributed by atoms with Crippen molar-refractivity contribution in [1.29, 1.82) is 0 Å². The second kappa shape index (κ2) is 3.44. The Labute approximate surface area is 43.3 Å². The molecule has 1 radical (unpaired) electrons. The zero-order valence-corrected chi connectivity index (χ0v) is 4.53. The summed E-state index contributed by atoms with van der Waals surface area (Å²) < 4.78 is 4.42. The first-order chi connectivity index (χ1) is 2.77. The Kier molecular flexibility index (Phi) is 3.58. The number of rotatable bonds is 2. The Balaban J connectivity index is 2.63. The van der Waals surface area contributed by atoms with Crippen molar-refractivity contribution in [3.05, 3.63) is 7.11 Å². The second-order valence-corrected chi connectivity index (χ2v) is 1.90. The van der Waals surface area contributed by atoms with Crippen LogP contribution in [0.4, 0.5) is 0 Å². The maximum absolute atomic E-state index is 5.41. The van der Waals surface area contributed by atoms with E-state index in [2.05, 4.69) is 11.8 Å². The molecule has 0 N–H and O–H groups in total. The van der Waals surface area contributed by atoms with Gasteiger partial charge in [-0.25, -0.2) is 0 Å². The van der Waals surface area contributed by atoms with E-state index in [-0.39, 0.29) is 5.38 Å². The van der Waals surface area contributed by atoms with Crippen molar-refractivity contribution in [2.45, 2.75) is 12.3 Å². The Morgan fingerprint density at radius 1 is 2.00 bits per heavy atom. The molecular formula is C4H8ClO. The van der Waals surface area contributed by atoms with E-state index in [0.717, 1.165) is 0 Å². The summed E-state index contributed by atoms with van der Waals surface area (Å²) in [4.78, 5) is 0. The molecule has 0 fully saturated rings. The summed E-state index contributed by atoms with van der Waals surface area (Å²) >= 11 is 5.41. The van der Waals surface area contributed by atoms with Crippen LogP contribution in [0.1, 0.15) is 6.92 Å². The topological polar surface area (TPSA) is 9.23 Å². The molecule has 1 unspecified atom stereocenters. The van der Waals surface area contributed by atoms with E-state index in [1.807, 2.05) is 6.92 Å². The maximum atomic E-state index is 5.41. The first-order valence-electron chi connectivity index (χ1n) is 1.78. The van der Waals surface area contributed by atoms with Crippen LogP contribution in [0.5, 0.6) is 0 Å². The van der Waals surface area contributed by atoms with Gasteiger partial charge < -0.3 is 4.74 Å². The zero-order chi connectivity index (χ0) is 4.99. The molecular weight excluding hydrogens is 99.5 g/mol. The summed E-state index contributed by atoms with van der Waals surface area (Å²) in [7, 11) is 3.14. The van der Waals surface area contributed by atoms with Gasteiger partial charge in [0.25, 0.3) is 0 Å². The van der Waals surface area contributed by atoms with Gasteiger partial charge in [-0.05, 0) is 6.92 Å². The second-order valence-electron chi connectivity index (χ2n) is 1.15. The SMILES string of the molecule is [CH2]OCC(C)Cl. The Morgan fingerprint density at radius 3 is 2.50 bits per heavy atom. The van der Waals surface area contributed by atoms with Crippen LogP contribution in [0.3, 0.4) is 0 Å². The Hall–Kier alpha value is 0.250. The van der Waals surface area contributed by atoms with E-state index < -0.39 is 0 Å². The van der Waals surface area contributed by atoms with E-state index in [1.54, 1.807) is 0 Å². The molecule has 1 atom stereocenters. The number of ether oxygens (including phenoxy) is 1. The third-order valence-electron chi connectivity index (χ3n) is 0.348. The lowest BCUT2D eigenvalue weighted by molar-refractivity contribution is 0.245. The summed E-state index contributed by atoms with van der Waals surface area (Å²) in [6.45, 7) is 2.38. The van der Waals surface area contributed by atoms with Gasteiger partial charge in [0, 0.05) is 0 Å². The average molecular weight is 108 g/mol. The normalized spacial score (nSPS) is 14.5. The predicted molar refractivity (Wildman–Crippen MR) is 26.6 cm³/mol. The number of hydrogen-bond donors (Lipinski definition) is 0. The lowest BCUT2D eigenvalue weighted by Crippen LogP contribution is -1.98. The first-order valence-corrected chi connectivity index (χ1v) is 2.22. The molecule has 0 aliphatic heterocycles. The molecule has 0 aliphatic rings. The fraction of sp³-hybridized carbons (Fsp3) is 0.750. The Morgan fingerprint density at radius 2 is 2.50 bits per heavy atom. The highest BCUT2D eigenvalue weighted by molar-refractivity contribution is 6.20. The van der Waals surface area contributed by atoms with Crippen LogP contribution in [0.15, 0.2) is 0 Å². The van der Waals surface area contributed by atoms with E-state index in [4.69, 9.17) is 11.6 Å². The van der Waals surface area contributed by atoms with Crippen LogP contribution in [0.2, 0.25) is 0 Å². The fourth-order valence-corrected chi connectivity index (χ4v) is 0.251. The van der Waals surface area contributed by atoms with Crippen LogP contribution < -0.4 is 0 Å². The molecule has 0 spiro atoms. The summed E-state index contributed by atoms with van der Waals surface area (Å²) in [5.41, 5.74) is 0. The highest BCUT2D eigenvalue weighted by atomic mass is 35.5. The lowest BCUT2D eigenvalue weighted by Gasteiger charge is -1.95. The highest BCUT2D eigenvalue weighted by Gasteiger charge is 1.88. The molecule has 2 heteroatoms. The van der Waals surface area contributed by atoms with Crippen molar-refractivity contribution < 1.29 is 4.74 Å². The molecule has 0 saturated heterocycles. The van der Waals surface area contributed by atoms with Gasteiger partial charge in [0.1, 0.15) is 0 Å². The molecule has 37 valence electrons. The smallest absolute Gasteiger partial charge is 0.0701 e. The van der Waals surface area contributed by atoms with E-state index >= 15 is 0 Å². The first kappa shape index (κ1) is 6.25. The van der Waals surface area contributed by atoms with Gasteiger partial charge in [-0.3, -0.25) is 0 Å². The van der Waals surface area contributed by atoms with Gasteiger partial charge in [-0.1, -0.05) is 0 Å². The minimum atomic E-state index is 0.0856. The Bertz CT molecular complexity index is 28.7. The lowest BCUT2D eigenvalue weighted by atomic mass is 10.5. The number of alkyl halides is 1. The molecule has 0 aromatic heterocycles. The van der Waals surface area contributed by atoms with Crippen LogP contribution >= 0.6 is 11.6 Å². The minimum absolute atomic E-state index is 0.0856. The summed E-state index contributed by atoms with van der Waals surface area (Å²) in [5, 5.41) is 0.0856. The van der Waals surface area contributed by atoms with Gasteiger partial charge >= 0.3 is 0 Å². The van der Waals surface area contributed by atoms with Gasteiger partial charge in [0.15, 0.2) is 0 Å². The van der Waals surface area contributed by atoms with Crippen LogP contribution in [0.25, 0.3) is 0 Å². The molecule has 0 aliphatic carbocycles. The molecule has 0 rings (SSSR count). The van der Waals surface area contributed by atoms with Gasteiger partial charge in [0.05, 0.1) is 19.1 Å².